The van der Waals surface area contributed by atoms with E-state index in [1.807, 2.05) is 60.7 Å². The van der Waals surface area contributed by atoms with Crippen molar-refractivity contribution in [2.75, 3.05) is 12.4 Å². The quantitative estimate of drug-likeness (QED) is 0.701. The van der Waals surface area contributed by atoms with Crippen molar-refractivity contribution < 1.29 is 4.74 Å². The van der Waals surface area contributed by atoms with Gasteiger partial charge in [0.1, 0.15) is 5.75 Å². The fourth-order valence-electron chi connectivity index (χ4n) is 2.14. The first-order chi connectivity index (χ1) is 11.3. The number of aromatic nitrogens is 1. The standard InChI is InChI=1S/C19H17N3O/c1-23-19-7-3-2-6-18(19)22-17-10-8-16(9-11-17)21-14-15-5-4-12-20-13-15/h2-14,22H,1H3. The Labute approximate surface area is 135 Å². The third-order valence-electron chi connectivity index (χ3n) is 3.30. The van der Waals surface area contributed by atoms with Crippen molar-refractivity contribution in [2.45, 2.75) is 0 Å². The number of benzene rings is 2. The van der Waals surface area contributed by atoms with Gasteiger partial charge in [-0.15, -0.1) is 0 Å². The SMILES string of the molecule is COc1ccccc1Nc1ccc(N=Cc2cccnc2)cc1. The molecule has 0 saturated heterocycles. The number of ether oxygens (including phenoxy) is 1. The van der Waals surface area contributed by atoms with Gasteiger partial charge in [0, 0.05) is 29.9 Å². The Balaban J connectivity index is 1.71. The highest BCUT2D eigenvalue weighted by atomic mass is 16.5. The molecule has 3 rings (SSSR count). The van der Waals surface area contributed by atoms with Gasteiger partial charge in [0.2, 0.25) is 0 Å². The van der Waals surface area contributed by atoms with E-state index in [2.05, 4.69) is 15.3 Å². The summed E-state index contributed by atoms with van der Waals surface area (Å²) in [7, 11) is 1.66. The number of methoxy groups -OCH3 is 1. The predicted molar refractivity (Wildman–Crippen MR) is 94.2 cm³/mol. The smallest absolute Gasteiger partial charge is 0.142 e. The Kier molecular flexibility index (Phi) is 4.64. The zero-order chi connectivity index (χ0) is 15.9. The molecule has 1 aromatic heterocycles. The predicted octanol–water partition coefficient (Wildman–Crippen LogP) is 4.58. The van der Waals surface area contributed by atoms with E-state index in [1.54, 1.807) is 25.7 Å². The van der Waals surface area contributed by atoms with Crippen LogP contribution in [0.4, 0.5) is 17.1 Å². The average Bonchev–Trinajstić information content (AvgIpc) is 2.62. The highest BCUT2D eigenvalue weighted by Crippen LogP contribution is 2.27. The maximum atomic E-state index is 5.34. The van der Waals surface area contributed by atoms with Crippen LogP contribution in [0.25, 0.3) is 0 Å². The highest BCUT2D eigenvalue weighted by molar-refractivity contribution is 5.81. The van der Waals surface area contributed by atoms with Gasteiger partial charge < -0.3 is 10.1 Å². The lowest BCUT2D eigenvalue weighted by Gasteiger charge is -2.10. The molecule has 0 unspecified atom stereocenters. The molecule has 0 aliphatic heterocycles. The molecule has 23 heavy (non-hydrogen) atoms. The molecule has 1 heterocycles. The number of para-hydroxylation sites is 2. The Morgan fingerprint density at radius 3 is 2.57 bits per heavy atom. The van der Waals surface area contributed by atoms with Crippen molar-refractivity contribution in [3.05, 3.63) is 78.6 Å². The first-order valence-corrected chi connectivity index (χ1v) is 7.29. The van der Waals surface area contributed by atoms with E-state index in [4.69, 9.17) is 4.74 Å². The Morgan fingerprint density at radius 2 is 1.83 bits per heavy atom. The molecule has 0 aliphatic rings. The lowest BCUT2D eigenvalue weighted by molar-refractivity contribution is 0.417. The van der Waals surface area contributed by atoms with Gasteiger partial charge in [0.15, 0.2) is 0 Å². The van der Waals surface area contributed by atoms with Crippen LogP contribution in [0.1, 0.15) is 5.56 Å². The molecule has 0 radical (unpaired) electrons. The first-order valence-electron chi connectivity index (χ1n) is 7.29. The van der Waals surface area contributed by atoms with E-state index in [9.17, 15) is 0 Å². The van der Waals surface area contributed by atoms with Crippen LogP contribution in [0.15, 0.2) is 78.0 Å². The van der Waals surface area contributed by atoms with Crippen molar-refractivity contribution >= 4 is 23.3 Å². The van der Waals surface area contributed by atoms with Crippen LogP contribution in [0, 0.1) is 0 Å². The molecule has 0 atom stereocenters. The Hall–Kier alpha value is -3.14. The minimum Gasteiger partial charge on any atom is -0.495 e. The molecule has 2 aromatic carbocycles. The topological polar surface area (TPSA) is 46.5 Å². The van der Waals surface area contributed by atoms with E-state index in [-0.39, 0.29) is 0 Å². The fourth-order valence-corrected chi connectivity index (χ4v) is 2.14. The largest absolute Gasteiger partial charge is 0.495 e. The van der Waals surface area contributed by atoms with Crippen LogP contribution in [0.2, 0.25) is 0 Å². The fraction of sp³-hybridized carbons (Fsp3) is 0.0526. The lowest BCUT2D eigenvalue weighted by atomic mass is 10.2. The Morgan fingerprint density at radius 1 is 1.00 bits per heavy atom. The molecule has 4 nitrogen and oxygen atoms in total. The van der Waals surface area contributed by atoms with Crippen molar-refractivity contribution in [3.63, 3.8) is 0 Å². The van der Waals surface area contributed by atoms with Crippen molar-refractivity contribution in [1.29, 1.82) is 0 Å². The van der Waals surface area contributed by atoms with Gasteiger partial charge in [-0.05, 0) is 42.5 Å². The number of nitrogens with one attached hydrogen (secondary N) is 1. The number of hydrogen-bond acceptors (Lipinski definition) is 4. The summed E-state index contributed by atoms with van der Waals surface area (Å²) in [6.45, 7) is 0. The molecule has 0 saturated carbocycles. The minimum atomic E-state index is 0.811. The summed E-state index contributed by atoms with van der Waals surface area (Å²) in [5.41, 5.74) is 3.78. The second-order valence-electron chi connectivity index (χ2n) is 4.92. The van der Waals surface area contributed by atoms with Crippen molar-refractivity contribution in [3.8, 4) is 5.75 Å². The molecule has 1 N–H and O–H groups in total. The minimum absolute atomic E-state index is 0.811. The molecule has 3 aromatic rings. The van der Waals surface area contributed by atoms with Gasteiger partial charge in [-0.3, -0.25) is 9.98 Å². The number of nitrogens with zero attached hydrogens (tertiary/aromatic N) is 2. The van der Waals surface area contributed by atoms with E-state index in [0.29, 0.717) is 0 Å². The number of rotatable bonds is 5. The summed E-state index contributed by atoms with van der Waals surface area (Å²) < 4.78 is 5.34. The summed E-state index contributed by atoms with van der Waals surface area (Å²) in [5.74, 6) is 0.811. The molecule has 114 valence electrons. The van der Waals surface area contributed by atoms with E-state index in [1.165, 1.54) is 0 Å². The zero-order valence-electron chi connectivity index (χ0n) is 12.8. The zero-order valence-corrected chi connectivity index (χ0v) is 12.8. The highest BCUT2D eigenvalue weighted by Gasteiger charge is 2.01. The summed E-state index contributed by atoms with van der Waals surface area (Å²) >= 11 is 0. The number of aliphatic imine (C=N–C) groups is 1. The summed E-state index contributed by atoms with van der Waals surface area (Å²) in [4.78, 5) is 8.50. The number of hydrogen-bond donors (Lipinski definition) is 1. The van der Waals surface area contributed by atoms with Gasteiger partial charge in [-0.1, -0.05) is 18.2 Å². The summed E-state index contributed by atoms with van der Waals surface area (Å²) in [5, 5.41) is 3.34. The van der Waals surface area contributed by atoms with Gasteiger partial charge in [-0.25, -0.2) is 0 Å². The van der Waals surface area contributed by atoms with Gasteiger partial charge >= 0.3 is 0 Å². The van der Waals surface area contributed by atoms with Gasteiger partial charge in [-0.2, -0.15) is 0 Å². The van der Waals surface area contributed by atoms with Crippen LogP contribution >= 0.6 is 0 Å². The molecular weight excluding hydrogens is 286 g/mol. The van der Waals surface area contributed by atoms with E-state index >= 15 is 0 Å². The lowest BCUT2D eigenvalue weighted by Crippen LogP contribution is -1.93. The third kappa shape index (κ3) is 3.95. The van der Waals surface area contributed by atoms with E-state index in [0.717, 1.165) is 28.4 Å². The van der Waals surface area contributed by atoms with Gasteiger partial charge in [0.25, 0.3) is 0 Å². The molecule has 4 heteroatoms. The van der Waals surface area contributed by atoms with Crippen LogP contribution in [-0.4, -0.2) is 18.3 Å². The second kappa shape index (κ2) is 7.22. The second-order valence-corrected chi connectivity index (χ2v) is 4.92. The maximum Gasteiger partial charge on any atom is 0.142 e. The molecule has 0 spiro atoms. The maximum absolute atomic E-state index is 5.34. The monoisotopic (exact) mass is 303 g/mol. The molecule has 0 fully saturated rings. The summed E-state index contributed by atoms with van der Waals surface area (Å²) in [6.07, 6.45) is 5.33. The molecule has 0 bridgehead atoms. The third-order valence-corrected chi connectivity index (χ3v) is 3.30. The van der Waals surface area contributed by atoms with Crippen LogP contribution in [0.3, 0.4) is 0 Å². The van der Waals surface area contributed by atoms with Crippen molar-refractivity contribution in [1.82, 2.24) is 4.98 Å². The molecule has 0 amide bonds. The van der Waals surface area contributed by atoms with E-state index < -0.39 is 0 Å². The average molecular weight is 303 g/mol. The normalized spacial score (nSPS) is 10.7. The number of pyridine rings is 1. The molecular formula is C19H17N3O. The van der Waals surface area contributed by atoms with Crippen LogP contribution in [-0.2, 0) is 0 Å². The van der Waals surface area contributed by atoms with Gasteiger partial charge in [0.05, 0.1) is 18.5 Å². The van der Waals surface area contributed by atoms with Crippen LogP contribution < -0.4 is 10.1 Å². The van der Waals surface area contributed by atoms with Crippen LogP contribution in [0.5, 0.6) is 5.75 Å². The molecule has 0 aliphatic carbocycles. The summed E-state index contributed by atoms with van der Waals surface area (Å²) in [6, 6.07) is 19.6. The first kappa shape index (κ1) is 14.8. The number of anilines is 2. The van der Waals surface area contributed by atoms with Crippen molar-refractivity contribution in [2.24, 2.45) is 4.99 Å². The Bertz CT molecular complexity index is 783.